The number of nitrogens with zero attached hydrogens (tertiary/aromatic N) is 1. The Morgan fingerprint density at radius 2 is 2.12 bits per heavy atom. The number of carbonyl (C=O) groups is 1. The van der Waals surface area contributed by atoms with Gasteiger partial charge in [0.25, 0.3) is 0 Å². The Balaban J connectivity index is 1.54. The Bertz CT molecular complexity index is 831. The number of furan rings is 1. The van der Waals surface area contributed by atoms with E-state index in [9.17, 15) is 4.79 Å². The zero-order valence-electron chi connectivity index (χ0n) is 12.6. The lowest BCUT2D eigenvalue weighted by Gasteiger charge is -2.01. The fourth-order valence-electron chi connectivity index (χ4n) is 2.17. The molecule has 0 aliphatic heterocycles. The van der Waals surface area contributed by atoms with Gasteiger partial charge in [-0.15, -0.1) is 11.3 Å². The normalized spacial score (nSPS) is 10.8. The second kappa shape index (κ2) is 7.83. The van der Waals surface area contributed by atoms with Crippen molar-refractivity contribution in [2.24, 2.45) is 0 Å². The molecule has 0 unspecified atom stereocenters. The van der Waals surface area contributed by atoms with Crippen molar-refractivity contribution in [3.63, 3.8) is 0 Å². The summed E-state index contributed by atoms with van der Waals surface area (Å²) >= 11 is 13.4. The fourth-order valence-corrected chi connectivity index (χ4v) is 3.35. The quantitative estimate of drug-likeness (QED) is 0.638. The molecule has 24 heavy (non-hydrogen) atoms. The van der Waals surface area contributed by atoms with Crippen LogP contribution in [0.5, 0.6) is 0 Å². The van der Waals surface area contributed by atoms with Crippen LogP contribution in [0.25, 0.3) is 0 Å². The summed E-state index contributed by atoms with van der Waals surface area (Å²) in [6, 6.07) is 9.20. The smallest absolute Gasteiger partial charge is 0.226 e. The molecular weight excluding hydrogens is 367 g/mol. The first-order valence-corrected chi connectivity index (χ1v) is 8.88. The number of hydrogen-bond acceptors (Lipinski definition) is 4. The van der Waals surface area contributed by atoms with Crippen molar-refractivity contribution in [2.45, 2.75) is 19.3 Å². The average molecular weight is 381 g/mol. The molecule has 2 aromatic heterocycles. The van der Waals surface area contributed by atoms with Gasteiger partial charge in [0.15, 0.2) is 5.13 Å². The SMILES string of the molecule is O=C(CCc1ccco1)Nc1ncc(Cc2ccc(Cl)c(Cl)c2)s1. The largest absolute Gasteiger partial charge is 0.469 e. The standard InChI is InChI=1S/C17H14Cl2N2O2S/c18-14-5-3-11(9-15(14)19)8-13-10-20-17(24-13)21-16(22)6-4-12-2-1-7-23-12/h1-3,5,7,9-10H,4,6,8H2,(H,20,21,22). The number of benzene rings is 1. The summed E-state index contributed by atoms with van der Waals surface area (Å²) in [5.74, 6) is 0.714. The van der Waals surface area contributed by atoms with Gasteiger partial charge in [0.05, 0.1) is 16.3 Å². The monoisotopic (exact) mass is 380 g/mol. The van der Waals surface area contributed by atoms with Gasteiger partial charge in [0, 0.05) is 30.3 Å². The predicted molar refractivity (Wildman–Crippen MR) is 97.0 cm³/mol. The molecule has 1 N–H and O–H groups in total. The summed E-state index contributed by atoms with van der Waals surface area (Å²) in [4.78, 5) is 17.2. The summed E-state index contributed by atoms with van der Waals surface area (Å²) in [6.07, 6.45) is 4.98. The zero-order chi connectivity index (χ0) is 16.9. The summed E-state index contributed by atoms with van der Waals surface area (Å²) in [6.45, 7) is 0. The second-order valence-corrected chi connectivity index (χ2v) is 7.11. The number of nitrogens with one attached hydrogen (secondary N) is 1. The second-order valence-electron chi connectivity index (χ2n) is 5.18. The molecule has 124 valence electrons. The third-order valence-corrected chi connectivity index (χ3v) is 4.99. The van der Waals surface area contributed by atoms with E-state index in [0.717, 1.165) is 16.2 Å². The highest BCUT2D eigenvalue weighted by Crippen LogP contribution is 2.26. The van der Waals surface area contributed by atoms with E-state index in [0.29, 0.717) is 34.4 Å². The Labute approximate surface area is 153 Å². The Morgan fingerprint density at radius 3 is 2.88 bits per heavy atom. The molecule has 0 spiro atoms. The highest BCUT2D eigenvalue weighted by atomic mass is 35.5. The maximum absolute atomic E-state index is 11.9. The van der Waals surface area contributed by atoms with E-state index >= 15 is 0 Å². The van der Waals surface area contributed by atoms with E-state index < -0.39 is 0 Å². The van der Waals surface area contributed by atoms with Crippen LogP contribution in [0.2, 0.25) is 10.0 Å². The number of hydrogen-bond donors (Lipinski definition) is 1. The molecule has 0 fully saturated rings. The number of amides is 1. The zero-order valence-corrected chi connectivity index (χ0v) is 14.9. The first-order valence-electron chi connectivity index (χ1n) is 7.31. The van der Waals surface area contributed by atoms with Crippen LogP contribution < -0.4 is 5.32 Å². The van der Waals surface area contributed by atoms with Gasteiger partial charge in [-0.1, -0.05) is 29.3 Å². The molecule has 0 saturated carbocycles. The molecule has 1 amide bonds. The third-order valence-electron chi connectivity index (χ3n) is 3.34. The minimum Gasteiger partial charge on any atom is -0.469 e. The van der Waals surface area contributed by atoms with Crippen molar-refractivity contribution in [3.05, 3.63) is 69.0 Å². The number of rotatable bonds is 6. The van der Waals surface area contributed by atoms with Crippen LogP contribution in [-0.4, -0.2) is 10.9 Å². The van der Waals surface area contributed by atoms with Gasteiger partial charge in [-0.3, -0.25) is 4.79 Å². The van der Waals surface area contributed by atoms with E-state index in [1.165, 1.54) is 11.3 Å². The van der Waals surface area contributed by atoms with Crippen molar-refractivity contribution in [3.8, 4) is 0 Å². The lowest BCUT2D eigenvalue weighted by Crippen LogP contribution is -2.11. The van der Waals surface area contributed by atoms with Crippen LogP contribution in [0, 0.1) is 0 Å². The molecule has 3 rings (SSSR count). The molecule has 0 aliphatic carbocycles. The number of aryl methyl sites for hydroxylation is 1. The number of carbonyl (C=O) groups excluding carboxylic acids is 1. The van der Waals surface area contributed by atoms with Crippen molar-refractivity contribution in [1.82, 2.24) is 4.98 Å². The van der Waals surface area contributed by atoms with Gasteiger partial charge in [-0.2, -0.15) is 0 Å². The molecule has 3 aromatic rings. The number of anilines is 1. The Morgan fingerprint density at radius 1 is 1.25 bits per heavy atom. The molecule has 1 aromatic carbocycles. The van der Waals surface area contributed by atoms with Crippen molar-refractivity contribution < 1.29 is 9.21 Å². The Kier molecular flexibility index (Phi) is 5.56. The predicted octanol–water partition coefficient (Wildman–Crippen LogP) is 5.21. The summed E-state index contributed by atoms with van der Waals surface area (Å²) in [5, 5.41) is 4.47. The van der Waals surface area contributed by atoms with Gasteiger partial charge in [-0.05, 0) is 29.8 Å². The molecule has 7 heteroatoms. The topological polar surface area (TPSA) is 55.1 Å². The average Bonchev–Trinajstić information content (AvgIpc) is 3.21. The van der Waals surface area contributed by atoms with Crippen LogP contribution in [0.3, 0.4) is 0 Å². The molecule has 0 saturated heterocycles. The lowest BCUT2D eigenvalue weighted by atomic mass is 10.1. The first-order chi connectivity index (χ1) is 11.6. The van der Waals surface area contributed by atoms with Gasteiger partial charge in [0.1, 0.15) is 5.76 Å². The maximum Gasteiger partial charge on any atom is 0.226 e. The molecule has 0 bridgehead atoms. The molecule has 0 atom stereocenters. The van der Waals surface area contributed by atoms with Crippen molar-refractivity contribution >= 4 is 45.6 Å². The lowest BCUT2D eigenvalue weighted by molar-refractivity contribution is -0.116. The molecule has 4 nitrogen and oxygen atoms in total. The Hall–Kier alpha value is -1.82. The van der Waals surface area contributed by atoms with Crippen LogP contribution in [0.15, 0.2) is 47.2 Å². The number of halogens is 2. The van der Waals surface area contributed by atoms with Gasteiger partial charge < -0.3 is 9.73 Å². The van der Waals surface area contributed by atoms with Crippen LogP contribution in [0.4, 0.5) is 5.13 Å². The number of thiazole rings is 1. The van der Waals surface area contributed by atoms with Gasteiger partial charge in [-0.25, -0.2) is 4.98 Å². The summed E-state index contributed by atoms with van der Waals surface area (Å²) < 4.78 is 5.21. The van der Waals surface area contributed by atoms with E-state index in [2.05, 4.69) is 10.3 Å². The molecule has 0 radical (unpaired) electrons. The number of aromatic nitrogens is 1. The fraction of sp³-hybridized carbons (Fsp3) is 0.176. The first kappa shape index (κ1) is 17.0. The molecule has 2 heterocycles. The molecule has 0 aliphatic rings. The maximum atomic E-state index is 11.9. The molecular formula is C17H14Cl2N2O2S. The van der Waals surface area contributed by atoms with Crippen LogP contribution >= 0.6 is 34.5 Å². The highest BCUT2D eigenvalue weighted by molar-refractivity contribution is 7.15. The minimum atomic E-state index is -0.0816. The van der Waals surface area contributed by atoms with Gasteiger partial charge in [0.2, 0.25) is 5.91 Å². The highest BCUT2D eigenvalue weighted by Gasteiger charge is 2.09. The summed E-state index contributed by atoms with van der Waals surface area (Å²) in [5.41, 5.74) is 1.05. The third kappa shape index (κ3) is 4.60. The van der Waals surface area contributed by atoms with E-state index in [-0.39, 0.29) is 5.91 Å². The summed E-state index contributed by atoms with van der Waals surface area (Å²) in [7, 11) is 0. The van der Waals surface area contributed by atoms with E-state index in [1.807, 2.05) is 24.3 Å². The van der Waals surface area contributed by atoms with Crippen LogP contribution in [0.1, 0.15) is 22.6 Å². The van der Waals surface area contributed by atoms with Crippen molar-refractivity contribution in [1.29, 1.82) is 0 Å². The van der Waals surface area contributed by atoms with Gasteiger partial charge >= 0.3 is 0 Å². The van der Waals surface area contributed by atoms with E-state index in [4.69, 9.17) is 27.6 Å². The van der Waals surface area contributed by atoms with E-state index in [1.54, 1.807) is 18.5 Å². The van der Waals surface area contributed by atoms with Crippen molar-refractivity contribution in [2.75, 3.05) is 5.32 Å². The minimum absolute atomic E-state index is 0.0816. The van der Waals surface area contributed by atoms with Crippen LogP contribution in [-0.2, 0) is 17.6 Å².